The van der Waals surface area contributed by atoms with E-state index < -0.39 is 6.10 Å². The van der Waals surface area contributed by atoms with Crippen LogP contribution < -0.4 is 0 Å². The van der Waals surface area contributed by atoms with Crippen molar-refractivity contribution in [3.8, 4) is 0 Å². The van der Waals surface area contributed by atoms with E-state index in [1.807, 2.05) is 13.8 Å². The summed E-state index contributed by atoms with van der Waals surface area (Å²) < 4.78 is 5.22. The molecule has 76 valence electrons. The van der Waals surface area contributed by atoms with Crippen molar-refractivity contribution in [1.29, 1.82) is 0 Å². The fraction of sp³-hybridized carbons (Fsp3) is 0.889. The number of amides is 1. The lowest BCUT2D eigenvalue weighted by Gasteiger charge is -2.23. The van der Waals surface area contributed by atoms with Crippen molar-refractivity contribution in [2.45, 2.75) is 32.4 Å². The Morgan fingerprint density at radius 2 is 2.46 bits per heavy atom. The molecule has 1 aliphatic heterocycles. The molecule has 2 atom stereocenters. The van der Waals surface area contributed by atoms with E-state index in [0.717, 1.165) is 0 Å². The standard InChI is InChI=1S/C9H17NO3/c1-3-13-6-7(2)10-5-8(11)4-9(10)12/h7-8,11H,3-6H2,1-2H3. The minimum atomic E-state index is -0.489. The van der Waals surface area contributed by atoms with Gasteiger partial charge in [0.1, 0.15) is 0 Å². The van der Waals surface area contributed by atoms with Crippen LogP contribution in [-0.4, -0.2) is 47.8 Å². The third-order valence-electron chi connectivity index (χ3n) is 2.23. The quantitative estimate of drug-likeness (QED) is 0.674. The van der Waals surface area contributed by atoms with Gasteiger partial charge in [0.2, 0.25) is 5.91 Å². The second-order valence-electron chi connectivity index (χ2n) is 3.41. The molecule has 0 aliphatic carbocycles. The molecule has 13 heavy (non-hydrogen) atoms. The molecule has 2 unspecified atom stereocenters. The third kappa shape index (κ3) is 2.67. The lowest BCUT2D eigenvalue weighted by Crippen LogP contribution is -2.38. The van der Waals surface area contributed by atoms with Crippen molar-refractivity contribution in [3.05, 3.63) is 0 Å². The zero-order chi connectivity index (χ0) is 9.84. The van der Waals surface area contributed by atoms with Crippen LogP contribution >= 0.6 is 0 Å². The Kier molecular flexibility index (Phi) is 3.69. The van der Waals surface area contributed by atoms with Gasteiger partial charge in [-0.15, -0.1) is 0 Å². The number of nitrogens with zero attached hydrogens (tertiary/aromatic N) is 1. The lowest BCUT2D eigenvalue weighted by atomic mass is 10.3. The van der Waals surface area contributed by atoms with Crippen molar-refractivity contribution < 1.29 is 14.6 Å². The Morgan fingerprint density at radius 1 is 1.77 bits per heavy atom. The highest BCUT2D eigenvalue weighted by molar-refractivity contribution is 5.79. The predicted octanol–water partition coefficient (Wildman–Crippen LogP) is 0.00460. The summed E-state index contributed by atoms with van der Waals surface area (Å²) in [7, 11) is 0. The van der Waals surface area contributed by atoms with Gasteiger partial charge < -0.3 is 14.7 Å². The molecule has 0 saturated carbocycles. The first kappa shape index (κ1) is 10.5. The van der Waals surface area contributed by atoms with E-state index in [-0.39, 0.29) is 18.4 Å². The second-order valence-corrected chi connectivity index (χ2v) is 3.41. The lowest BCUT2D eigenvalue weighted by molar-refractivity contribution is -0.130. The Hall–Kier alpha value is -0.610. The number of ether oxygens (including phenoxy) is 1. The van der Waals surface area contributed by atoms with Gasteiger partial charge in [0.15, 0.2) is 0 Å². The van der Waals surface area contributed by atoms with Crippen molar-refractivity contribution in [2.75, 3.05) is 19.8 Å². The van der Waals surface area contributed by atoms with E-state index in [1.54, 1.807) is 4.90 Å². The molecule has 1 heterocycles. The molecule has 4 heteroatoms. The van der Waals surface area contributed by atoms with Crippen LogP contribution in [0.2, 0.25) is 0 Å². The van der Waals surface area contributed by atoms with Gasteiger partial charge in [-0.2, -0.15) is 0 Å². The first-order valence-electron chi connectivity index (χ1n) is 4.70. The maximum atomic E-state index is 11.3. The van der Waals surface area contributed by atoms with Gasteiger partial charge in [-0.1, -0.05) is 0 Å². The van der Waals surface area contributed by atoms with Gasteiger partial charge in [0.05, 0.1) is 25.2 Å². The summed E-state index contributed by atoms with van der Waals surface area (Å²) in [4.78, 5) is 13.0. The number of carbonyl (C=O) groups excluding carboxylic acids is 1. The van der Waals surface area contributed by atoms with Crippen LogP contribution in [0.3, 0.4) is 0 Å². The van der Waals surface area contributed by atoms with Gasteiger partial charge in [-0.25, -0.2) is 0 Å². The number of aliphatic hydroxyl groups is 1. The summed E-state index contributed by atoms with van der Waals surface area (Å²) in [6.07, 6.45) is -0.229. The minimum Gasteiger partial charge on any atom is -0.391 e. The maximum absolute atomic E-state index is 11.3. The van der Waals surface area contributed by atoms with Crippen molar-refractivity contribution >= 4 is 5.91 Å². The van der Waals surface area contributed by atoms with Gasteiger partial charge in [0, 0.05) is 13.2 Å². The molecule has 0 spiro atoms. The van der Waals surface area contributed by atoms with Gasteiger partial charge in [-0.05, 0) is 13.8 Å². The maximum Gasteiger partial charge on any atom is 0.225 e. The van der Waals surface area contributed by atoms with E-state index in [2.05, 4.69) is 0 Å². The molecular weight excluding hydrogens is 170 g/mol. The number of hydrogen-bond acceptors (Lipinski definition) is 3. The summed E-state index contributed by atoms with van der Waals surface area (Å²) in [6, 6.07) is 0.0737. The highest BCUT2D eigenvalue weighted by atomic mass is 16.5. The SMILES string of the molecule is CCOCC(C)N1CC(O)CC1=O. The van der Waals surface area contributed by atoms with E-state index in [9.17, 15) is 9.90 Å². The molecule has 0 aromatic carbocycles. The fourth-order valence-corrected chi connectivity index (χ4v) is 1.52. The Bertz CT molecular complexity index is 184. The molecule has 0 bridgehead atoms. The van der Waals surface area contributed by atoms with E-state index in [4.69, 9.17) is 4.74 Å². The fourth-order valence-electron chi connectivity index (χ4n) is 1.52. The summed E-state index contributed by atoms with van der Waals surface area (Å²) in [5.74, 6) is 0.0275. The monoisotopic (exact) mass is 187 g/mol. The molecule has 1 fully saturated rings. The first-order valence-corrected chi connectivity index (χ1v) is 4.70. The number of aliphatic hydroxyl groups excluding tert-OH is 1. The van der Waals surface area contributed by atoms with Crippen LogP contribution in [0.1, 0.15) is 20.3 Å². The summed E-state index contributed by atoms with van der Waals surface area (Å²) in [5.41, 5.74) is 0. The highest BCUT2D eigenvalue weighted by Gasteiger charge is 2.31. The molecule has 4 nitrogen and oxygen atoms in total. The number of β-amino-alcohol motifs (C(OH)–C–C–N with tert-alkyl or cyclic N) is 1. The van der Waals surface area contributed by atoms with E-state index in [0.29, 0.717) is 19.8 Å². The average molecular weight is 187 g/mol. The molecule has 1 N–H and O–H groups in total. The number of rotatable bonds is 4. The van der Waals surface area contributed by atoms with Crippen LogP contribution in [0, 0.1) is 0 Å². The topological polar surface area (TPSA) is 49.8 Å². The van der Waals surface area contributed by atoms with Crippen LogP contribution in [-0.2, 0) is 9.53 Å². The molecule has 1 rings (SSSR count). The normalized spacial score (nSPS) is 25.3. The third-order valence-corrected chi connectivity index (χ3v) is 2.23. The summed E-state index contributed by atoms with van der Waals surface area (Å²) in [6.45, 7) is 5.52. The zero-order valence-electron chi connectivity index (χ0n) is 8.19. The number of likely N-dealkylation sites (tertiary alicyclic amines) is 1. The van der Waals surface area contributed by atoms with Gasteiger partial charge in [-0.3, -0.25) is 4.79 Å². The largest absolute Gasteiger partial charge is 0.391 e. The summed E-state index contributed by atoms with van der Waals surface area (Å²) >= 11 is 0. The smallest absolute Gasteiger partial charge is 0.225 e. The zero-order valence-corrected chi connectivity index (χ0v) is 8.19. The second kappa shape index (κ2) is 4.58. The highest BCUT2D eigenvalue weighted by Crippen LogP contribution is 2.14. The van der Waals surface area contributed by atoms with Crippen LogP contribution in [0.15, 0.2) is 0 Å². The average Bonchev–Trinajstić information content (AvgIpc) is 2.41. The van der Waals surface area contributed by atoms with Gasteiger partial charge >= 0.3 is 0 Å². The minimum absolute atomic E-state index is 0.0275. The van der Waals surface area contributed by atoms with Crippen LogP contribution in [0.25, 0.3) is 0 Å². The van der Waals surface area contributed by atoms with E-state index >= 15 is 0 Å². The van der Waals surface area contributed by atoms with Gasteiger partial charge in [0.25, 0.3) is 0 Å². The molecule has 1 amide bonds. The number of hydrogen-bond donors (Lipinski definition) is 1. The molecule has 1 aliphatic rings. The van der Waals surface area contributed by atoms with Crippen molar-refractivity contribution in [2.24, 2.45) is 0 Å². The van der Waals surface area contributed by atoms with Crippen molar-refractivity contribution in [1.82, 2.24) is 4.90 Å². The molecule has 0 aromatic rings. The Balaban J connectivity index is 2.38. The molecule has 1 saturated heterocycles. The molecule has 0 radical (unpaired) electrons. The molecule has 0 aromatic heterocycles. The van der Waals surface area contributed by atoms with Crippen LogP contribution in [0.5, 0.6) is 0 Å². The van der Waals surface area contributed by atoms with Crippen LogP contribution in [0.4, 0.5) is 0 Å². The molecular formula is C9H17NO3. The predicted molar refractivity (Wildman–Crippen MR) is 48.3 cm³/mol. The Morgan fingerprint density at radius 3 is 2.92 bits per heavy atom. The van der Waals surface area contributed by atoms with Crippen molar-refractivity contribution in [3.63, 3.8) is 0 Å². The first-order chi connectivity index (χ1) is 6.15. The number of carbonyl (C=O) groups is 1. The summed E-state index contributed by atoms with van der Waals surface area (Å²) in [5, 5.41) is 9.24. The van der Waals surface area contributed by atoms with E-state index in [1.165, 1.54) is 0 Å². The Labute approximate surface area is 78.5 Å².